The first-order chi connectivity index (χ1) is 6.59. The van der Waals surface area contributed by atoms with Crippen LogP contribution in [0.5, 0.6) is 5.75 Å². The minimum absolute atomic E-state index is 0.0157. The fourth-order valence-electron chi connectivity index (χ4n) is 1.20. The molecule has 0 bridgehead atoms. The Morgan fingerprint density at radius 2 is 1.86 bits per heavy atom. The van der Waals surface area contributed by atoms with E-state index in [2.05, 4.69) is 19.2 Å². The molecule has 3 heteroatoms. The van der Waals surface area contributed by atoms with E-state index < -0.39 is 0 Å². The van der Waals surface area contributed by atoms with Gasteiger partial charge < -0.3 is 16.2 Å². The molecule has 14 heavy (non-hydrogen) atoms. The van der Waals surface area contributed by atoms with Crippen molar-refractivity contribution in [3.05, 3.63) is 29.8 Å². The molecule has 0 aliphatic carbocycles. The zero-order valence-electron chi connectivity index (χ0n) is 8.70. The van der Waals surface area contributed by atoms with Crippen LogP contribution in [0.25, 0.3) is 0 Å². The number of benzene rings is 1. The number of nitrogens with one attached hydrogen (secondary N) is 1. The second kappa shape index (κ2) is 4.98. The van der Waals surface area contributed by atoms with Gasteiger partial charge in [0.1, 0.15) is 5.75 Å². The fourth-order valence-corrected chi connectivity index (χ4v) is 1.20. The lowest BCUT2D eigenvalue weighted by Crippen LogP contribution is -2.31. The molecule has 0 radical (unpaired) electrons. The highest BCUT2D eigenvalue weighted by molar-refractivity contribution is 5.27. The van der Waals surface area contributed by atoms with Crippen molar-refractivity contribution >= 4 is 0 Å². The molecule has 0 amide bonds. The number of hydrogen-bond acceptors (Lipinski definition) is 3. The zero-order valence-corrected chi connectivity index (χ0v) is 8.70. The molecule has 4 N–H and O–H groups in total. The second-order valence-electron chi connectivity index (χ2n) is 3.76. The van der Waals surface area contributed by atoms with Crippen molar-refractivity contribution in [2.45, 2.75) is 25.9 Å². The maximum absolute atomic E-state index is 9.10. The van der Waals surface area contributed by atoms with Crippen LogP contribution < -0.4 is 11.1 Å². The molecule has 1 atom stereocenters. The van der Waals surface area contributed by atoms with Crippen molar-refractivity contribution in [3.8, 4) is 5.75 Å². The van der Waals surface area contributed by atoms with Gasteiger partial charge in [-0.2, -0.15) is 0 Å². The zero-order chi connectivity index (χ0) is 10.6. The van der Waals surface area contributed by atoms with Gasteiger partial charge in [-0.25, -0.2) is 0 Å². The van der Waals surface area contributed by atoms with Crippen LogP contribution >= 0.6 is 0 Å². The highest BCUT2D eigenvalue weighted by atomic mass is 16.3. The summed E-state index contributed by atoms with van der Waals surface area (Å²) >= 11 is 0. The third kappa shape index (κ3) is 3.36. The molecular weight excluding hydrogens is 176 g/mol. The Balaban J connectivity index is 2.52. The molecule has 0 heterocycles. The van der Waals surface area contributed by atoms with Gasteiger partial charge in [-0.05, 0) is 17.7 Å². The van der Waals surface area contributed by atoms with Gasteiger partial charge in [0, 0.05) is 18.6 Å². The monoisotopic (exact) mass is 194 g/mol. The Morgan fingerprint density at radius 1 is 1.29 bits per heavy atom. The van der Waals surface area contributed by atoms with E-state index in [-0.39, 0.29) is 11.8 Å². The van der Waals surface area contributed by atoms with Gasteiger partial charge >= 0.3 is 0 Å². The summed E-state index contributed by atoms with van der Waals surface area (Å²) in [6.07, 6.45) is 0. The summed E-state index contributed by atoms with van der Waals surface area (Å²) in [6, 6.07) is 7.44. The van der Waals surface area contributed by atoms with E-state index in [4.69, 9.17) is 10.8 Å². The normalized spacial score (nSPS) is 13.1. The standard InChI is InChI=1S/C11H18N2O/c1-8(2)13-7-11(12)9-3-5-10(14)6-4-9/h3-6,8,11,13-14H,7,12H2,1-2H3. The van der Waals surface area contributed by atoms with Crippen molar-refractivity contribution in [2.24, 2.45) is 5.73 Å². The van der Waals surface area contributed by atoms with Gasteiger partial charge in [0.25, 0.3) is 0 Å². The Morgan fingerprint density at radius 3 is 2.36 bits per heavy atom. The smallest absolute Gasteiger partial charge is 0.115 e. The molecule has 0 saturated carbocycles. The first-order valence-electron chi connectivity index (χ1n) is 4.87. The summed E-state index contributed by atoms with van der Waals surface area (Å²) in [5, 5.41) is 12.4. The Kier molecular flexibility index (Phi) is 3.92. The molecule has 1 rings (SSSR count). The second-order valence-corrected chi connectivity index (χ2v) is 3.76. The fraction of sp³-hybridized carbons (Fsp3) is 0.455. The van der Waals surface area contributed by atoms with E-state index in [0.29, 0.717) is 6.04 Å². The van der Waals surface area contributed by atoms with E-state index in [1.807, 2.05) is 12.1 Å². The van der Waals surface area contributed by atoms with E-state index in [1.165, 1.54) is 0 Å². The van der Waals surface area contributed by atoms with Crippen LogP contribution in [-0.4, -0.2) is 17.7 Å². The average molecular weight is 194 g/mol. The van der Waals surface area contributed by atoms with Crippen LogP contribution in [0.15, 0.2) is 24.3 Å². The molecular formula is C11H18N2O. The van der Waals surface area contributed by atoms with Gasteiger partial charge in [-0.1, -0.05) is 26.0 Å². The number of phenolic OH excluding ortho intramolecular Hbond substituents is 1. The van der Waals surface area contributed by atoms with Gasteiger partial charge in [-0.15, -0.1) is 0 Å². The lowest BCUT2D eigenvalue weighted by Gasteiger charge is -2.15. The third-order valence-corrected chi connectivity index (χ3v) is 2.07. The lowest BCUT2D eigenvalue weighted by atomic mass is 10.1. The molecule has 0 aliphatic heterocycles. The number of aromatic hydroxyl groups is 1. The molecule has 0 aromatic heterocycles. The maximum Gasteiger partial charge on any atom is 0.115 e. The van der Waals surface area contributed by atoms with Crippen LogP contribution in [0.4, 0.5) is 0 Å². The van der Waals surface area contributed by atoms with Gasteiger partial charge in [0.2, 0.25) is 0 Å². The number of phenols is 1. The van der Waals surface area contributed by atoms with Gasteiger partial charge in [0.15, 0.2) is 0 Å². The molecule has 1 aromatic carbocycles. The molecule has 1 aromatic rings. The predicted molar refractivity (Wildman–Crippen MR) is 58.2 cm³/mol. The highest BCUT2D eigenvalue weighted by Crippen LogP contribution is 2.14. The summed E-state index contributed by atoms with van der Waals surface area (Å²) in [5.41, 5.74) is 6.99. The Labute approximate surface area is 84.9 Å². The summed E-state index contributed by atoms with van der Waals surface area (Å²) < 4.78 is 0. The lowest BCUT2D eigenvalue weighted by molar-refractivity contribution is 0.474. The van der Waals surface area contributed by atoms with Gasteiger partial charge in [0.05, 0.1) is 0 Å². The van der Waals surface area contributed by atoms with Crippen molar-refractivity contribution < 1.29 is 5.11 Å². The molecule has 0 saturated heterocycles. The molecule has 3 nitrogen and oxygen atoms in total. The van der Waals surface area contributed by atoms with Gasteiger partial charge in [-0.3, -0.25) is 0 Å². The summed E-state index contributed by atoms with van der Waals surface area (Å²) in [7, 11) is 0. The largest absolute Gasteiger partial charge is 0.508 e. The van der Waals surface area contributed by atoms with Crippen LogP contribution in [0, 0.1) is 0 Å². The summed E-state index contributed by atoms with van der Waals surface area (Å²) in [5.74, 6) is 0.276. The SMILES string of the molecule is CC(C)NCC(N)c1ccc(O)cc1. The van der Waals surface area contributed by atoms with Crippen molar-refractivity contribution in [1.29, 1.82) is 0 Å². The van der Waals surface area contributed by atoms with Crippen LogP contribution in [-0.2, 0) is 0 Å². The number of hydrogen-bond donors (Lipinski definition) is 3. The predicted octanol–water partition coefficient (Wildman–Crippen LogP) is 1.39. The molecule has 0 spiro atoms. The molecule has 1 unspecified atom stereocenters. The summed E-state index contributed by atoms with van der Waals surface area (Å²) in [6.45, 7) is 4.93. The van der Waals surface area contributed by atoms with Crippen LogP contribution in [0.2, 0.25) is 0 Å². The van der Waals surface area contributed by atoms with Crippen molar-refractivity contribution in [1.82, 2.24) is 5.32 Å². The van der Waals surface area contributed by atoms with Crippen LogP contribution in [0.3, 0.4) is 0 Å². The van der Waals surface area contributed by atoms with E-state index in [9.17, 15) is 0 Å². The Hall–Kier alpha value is -1.06. The quantitative estimate of drug-likeness (QED) is 0.679. The average Bonchev–Trinajstić information content (AvgIpc) is 2.15. The molecule has 0 aliphatic rings. The highest BCUT2D eigenvalue weighted by Gasteiger charge is 2.05. The first kappa shape index (κ1) is 11.0. The minimum atomic E-state index is -0.0157. The van der Waals surface area contributed by atoms with E-state index >= 15 is 0 Å². The first-order valence-corrected chi connectivity index (χ1v) is 4.87. The molecule has 0 fully saturated rings. The maximum atomic E-state index is 9.10. The number of rotatable bonds is 4. The summed E-state index contributed by atoms with van der Waals surface area (Å²) in [4.78, 5) is 0. The van der Waals surface area contributed by atoms with E-state index in [1.54, 1.807) is 12.1 Å². The van der Waals surface area contributed by atoms with Crippen molar-refractivity contribution in [3.63, 3.8) is 0 Å². The van der Waals surface area contributed by atoms with Crippen molar-refractivity contribution in [2.75, 3.05) is 6.54 Å². The Bertz CT molecular complexity index is 269. The molecule has 78 valence electrons. The third-order valence-electron chi connectivity index (χ3n) is 2.07. The number of nitrogens with two attached hydrogens (primary N) is 1. The van der Waals surface area contributed by atoms with Crippen LogP contribution in [0.1, 0.15) is 25.5 Å². The van der Waals surface area contributed by atoms with E-state index in [0.717, 1.165) is 12.1 Å². The minimum Gasteiger partial charge on any atom is -0.508 e. The topological polar surface area (TPSA) is 58.3 Å².